The molecule has 0 bridgehead atoms. The minimum Gasteiger partial charge on any atom is -0.480 e. The Morgan fingerprint density at radius 1 is 1.38 bits per heavy atom. The number of amides is 1. The lowest BCUT2D eigenvalue weighted by Crippen LogP contribution is -2.61. The highest BCUT2D eigenvalue weighted by Gasteiger charge is 2.57. The second kappa shape index (κ2) is 6.39. The first-order valence-electron chi connectivity index (χ1n) is 5.53. The summed E-state index contributed by atoms with van der Waals surface area (Å²) < 4.78 is 38.7. The van der Waals surface area contributed by atoms with Crippen molar-refractivity contribution in [1.29, 1.82) is 0 Å². The summed E-state index contributed by atoms with van der Waals surface area (Å²) >= 11 is 3.13. The molecule has 116 valence electrons. The molecule has 1 aromatic heterocycles. The predicted molar refractivity (Wildman–Crippen MR) is 70.7 cm³/mol. The van der Waals surface area contributed by atoms with Gasteiger partial charge in [-0.3, -0.25) is 10.1 Å². The number of carbonyl (C=O) groups is 2. The highest BCUT2D eigenvalue weighted by Crippen LogP contribution is 2.30. The van der Waals surface area contributed by atoms with Gasteiger partial charge in [0.1, 0.15) is 5.82 Å². The summed E-state index contributed by atoms with van der Waals surface area (Å²) in [6.07, 6.45) is -3.66. The second-order valence-corrected chi connectivity index (χ2v) is 5.11. The number of hydrogen-bond acceptors (Lipinski definition) is 4. The number of pyridine rings is 1. The number of hydrogen-bond donors (Lipinski definition) is 3. The van der Waals surface area contributed by atoms with Gasteiger partial charge in [-0.05, 0) is 35.0 Å². The van der Waals surface area contributed by atoms with E-state index in [2.05, 4.69) is 26.2 Å². The van der Waals surface area contributed by atoms with Crippen molar-refractivity contribution in [2.75, 3.05) is 11.9 Å². The Balaban J connectivity index is 2.67. The lowest BCUT2D eigenvalue weighted by atomic mass is 10.0. The maximum absolute atomic E-state index is 12.7. The van der Waals surface area contributed by atoms with Crippen LogP contribution in [0.25, 0.3) is 0 Å². The topological polar surface area (TPSA) is 91.3 Å². The van der Waals surface area contributed by atoms with Gasteiger partial charge < -0.3 is 10.4 Å². The van der Waals surface area contributed by atoms with E-state index in [0.717, 1.165) is 0 Å². The molecule has 6 nitrogen and oxygen atoms in total. The number of rotatable bonds is 5. The zero-order valence-electron chi connectivity index (χ0n) is 10.7. The van der Waals surface area contributed by atoms with E-state index in [1.165, 1.54) is 12.3 Å². The van der Waals surface area contributed by atoms with Crippen LogP contribution in [-0.4, -0.2) is 40.2 Å². The molecule has 1 amide bonds. The number of carboxylic acid groups (broad SMARTS) is 1. The van der Waals surface area contributed by atoms with Crippen molar-refractivity contribution in [3.05, 3.63) is 22.8 Å². The fraction of sp³-hybridized carbons (Fsp3) is 0.364. The van der Waals surface area contributed by atoms with Crippen molar-refractivity contribution < 1.29 is 27.9 Å². The fourth-order valence-electron chi connectivity index (χ4n) is 1.19. The van der Waals surface area contributed by atoms with Gasteiger partial charge in [0.25, 0.3) is 0 Å². The monoisotopic (exact) mass is 369 g/mol. The van der Waals surface area contributed by atoms with Crippen LogP contribution in [0, 0.1) is 0 Å². The summed E-state index contributed by atoms with van der Waals surface area (Å²) in [5.41, 5.74) is -3.21. The number of aromatic nitrogens is 1. The van der Waals surface area contributed by atoms with Crippen LogP contribution in [-0.2, 0) is 9.59 Å². The number of carbonyl (C=O) groups excluding carboxylic acids is 1. The van der Waals surface area contributed by atoms with E-state index in [-0.39, 0.29) is 5.82 Å². The van der Waals surface area contributed by atoms with Crippen LogP contribution >= 0.6 is 15.9 Å². The third-order valence-corrected chi connectivity index (χ3v) is 3.06. The van der Waals surface area contributed by atoms with Crippen LogP contribution in [0.5, 0.6) is 0 Å². The molecule has 0 saturated carbocycles. The minimum atomic E-state index is -5.05. The molecule has 1 rings (SSSR count). The van der Waals surface area contributed by atoms with Gasteiger partial charge in [0.2, 0.25) is 11.4 Å². The standard InChI is InChI=1S/C11H11BrF3N3O3/c1-10(9(20)21,11(13,14)15)17-5-8(19)18-7-3-2-6(12)4-16-7/h2-4,17H,5H2,1H3,(H,20,21)(H,16,18,19). The van der Waals surface area contributed by atoms with Gasteiger partial charge >= 0.3 is 12.1 Å². The highest BCUT2D eigenvalue weighted by molar-refractivity contribution is 9.10. The molecule has 0 aliphatic rings. The quantitative estimate of drug-likeness (QED) is 0.735. The number of carboxylic acids is 1. The van der Waals surface area contributed by atoms with Crippen molar-refractivity contribution in [3.8, 4) is 0 Å². The van der Waals surface area contributed by atoms with Gasteiger partial charge in [-0.2, -0.15) is 13.2 Å². The van der Waals surface area contributed by atoms with Gasteiger partial charge in [-0.15, -0.1) is 0 Å². The number of halogens is 4. The lowest BCUT2D eigenvalue weighted by molar-refractivity contribution is -0.205. The van der Waals surface area contributed by atoms with E-state index in [1.54, 1.807) is 11.4 Å². The van der Waals surface area contributed by atoms with Crippen LogP contribution in [0.15, 0.2) is 22.8 Å². The molecular formula is C11H11BrF3N3O3. The van der Waals surface area contributed by atoms with E-state index < -0.39 is 30.1 Å². The Morgan fingerprint density at radius 2 is 2.00 bits per heavy atom. The van der Waals surface area contributed by atoms with Crippen LogP contribution in [0.1, 0.15) is 6.92 Å². The zero-order valence-corrected chi connectivity index (χ0v) is 12.2. The second-order valence-electron chi connectivity index (χ2n) is 4.19. The molecule has 0 aromatic carbocycles. The van der Waals surface area contributed by atoms with E-state index in [9.17, 15) is 22.8 Å². The van der Waals surface area contributed by atoms with Crippen molar-refractivity contribution in [2.45, 2.75) is 18.6 Å². The van der Waals surface area contributed by atoms with E-state index in [1.807, 2.05) is 0 Å². The fourth-order valence-corrected chi connectivity index (χ4v) is 1.43. The van der Waals surface area contributed by atoms with E-state index in [0.29, 0.717) is 11.4 Å². The van der Waals surface area contributed by atoms with Crippen molar-refractivity contribution in [2.24, 2.45) is 0 Å². The molecule has 0 fully saturated rings. The molecule has 0 saturated heterocycles. The molecule has 1 atom stereocenters. The van der Waals surface area contributed by atoms with Crippen LogP contribution in [0.3, 0.4) is 0 Å². The molecule has 0 aliphatic heterocycles. The van der Waals surface area contributed by atoms with Gasteiger partial charge in [0, 0.05) is 10.7 Å². The molecule has 0 aliphatic carbocycles. The first-order chi connectivity index (χ1) is 9.56. The Morgan fingerprint density at radius 3 is 2.43 bits per heavy atom. The summed E-state index contributed by atoms with van der Waals surface area (Å²) in [4.78, 5) is 26.1. The summed E-state index contributed by atoms with van der Waals surface area (Å²) in [7, 11) is 0. The third kappa shape index (κ3) is 4.39. The lowest BCUT2D eigenvalue weighted by Gasteiger charge is -2.28. The summed E-state index contributed by atoms with van der Waals surface area (Å²) in [5, 5.41) is 12.6. The van der Waals surface area contributed by atoms with Crippen molar-refractivity contribution in [3.63, 3.8) is 0 Å². The average Bonchev–Trinajstić information content (AvgIpc) is 2.37. The number of anilines is 1. The maximum Gasteiger partial charge on any atom is 0.417 e. The van der Waals surface area contributed by atoms with Gasteiger partial charge in [-0.1, -0.05) is 0 Å². The number of alkyl halides is 3. The first kappa shape index (κ1) is 17.4. The van der Waals surface area contributed by atoms with Crippen molar-refractivity contribution >= 4 is 33.6 Å². The molecule has 1 unspecified atom stereocenters. The van der Waals surface area contributed by atoms with Crippen LogP contribution in [0.2, 0.25) is 0 Å². The summed E-state index contributed by atoms with van der Waals surface area (Å²) in [5.74, 6) is -2.83. The molecule has 3 N–H and O–H groups in total. The molecule has 1 heterocycles. The molecule has 10 heteroatoms. The van der Waals surface area contributed by atoms with Gasteiger partial charge in [-0.25, -0.2) is 9.78 Å². The highest BCUT2D eigenvalue weighted by atomic mass is 79.9. The molecule has 21 heavy (non-hydrogen) atoms. The van der Waals surface area contributed by atoms with Crippen LogP contribution < -0.4 is 10.6 Å². The maximum atomic E-state index is 12.7. The van der Waals surface area contributed by atoms with E-state index >= 15 is 0 Å². The number of nitrogens with one attached hydrogen (secondary N) is 2. The van der Waals surface area contributed by atoms with Crippen molar-refractivity contribution in [1.82, 2.24) is 10.3 Å². The van der Waals surface area contributed by atoms with Crippen LogP contribution in [0.4, 0.5) is 19.0 Å². The minimum absolute atomic E-state index is 0.133. The molecule has 0 radical (unpaired) electrons. The Hall–Kier alpha value is -1.68. The Kier molecular flexibility index (Phi) is 5.29. The Bertz CT molecular complexity index is 536. The smallest absolute Gasteiger partial charge is 0.417 e. The Labute approximate surface area is 125 Å². The number of aliphatic carboxylic acids is 1. The molecule has 0 spiro atoms. The first-order valence-corrected chi connectivity index (χ1v) is 6.32. The molecule has 1 aromatic rings. The normalized spacial score (nSPS) is 14.3. The summed E-state index contributed by atoms with van der Waals surface area (Å²) in [6, 6.07) is 3.01. The third-order valence-electron chi connectivity index (χ3n) is 2.59. The number of nitrogens with zero attached hydrogens (tertiary/aromatic N) is 1. The summed E-state index contributed by atoms with van der Waals surface area (Å²) in [6.45, 7) is -0.388. The largest absolute Gasteiger partial charge is 0.480 e. The molecular weight excluding hydrogens is 359 g/mol. The SMILES string of the molecule is CC(NCC(=O)Nc1ccc(Br)cn1)(C(=O)O)C(F)(F)F. The predicted octanol–water partition coefficient (Wildman–Crippen LogP) is 1.78. The van der Waals surface area contributed by atoms with Gasteiger partial charge in [0.05, 0.1) is 6.54 Å². The zero-order chi connectivity index (χ0) is 16.3. The van der Waals surface area contributed by atoms with Gasteiger partial charge in [0.15, 0.2) is 0 Å². The average molecular weight is 370 g/mol. The van der Waals surface area contributed by atoms with E-state index in [4.69, 9.17) is 5.11 Å².